The number of ketones is 1. The molecule has 0 bridgehead atoms. The summed E-state index contributed by atoms with van der Waals surface area (Å²) in [5.41, 5.74) is 6.06. The molecule has 2 heterocycles. The number of carbonyl (C=O) groups excluding carboxylic acids is 1. The van der Waals surface area contributed by atoms with Gasteiger partial charge in [-0.1, -0.05) is 37.8 Å². The second-order valence-electron chi connectivity index (χ2n) is 7.28. The molecule has 0 atom stereocenters. The predicted molar refractivity (Wildman–Crippen MR) is 121 cm³/mol. The number of nitrogens with zero attached hydrogens (tertiary/aromatic N) is 2. The number of fused-ring (bicyclic) bond motifs is 3. The molecule has 30 heavy (non-hydrogen) atoms. The van der Waals surface area contributed by atoms with Crippen molar-refractivity contribution in [1.82, 2.24) is 0 Å². The molecular weight excluding hydrogens is 382 g/mol. The zero-order valence-electron chi connectivity index (χ0n) is 18.4. The topological polar surface area (TPSA) is 23.6 Å². The fourth-order valence-electron chi connectivity index (χ4n) is 3.61. The van der Waals surface area contributed by atoms with Crippen LogP contribution in [0, 0.1) is 19.7 Å². The minimum absolute atomic E-state index is 0.132. The molecule has 0 N–H and O–H groups in total. The number of aryl methyl sites for hydroxylation is 2. The average Bonchev–Trinajstić information content (AvgIpc) is 3.03. The molecular formula is C25H30F2N2O. The molecule has 0 aromatic heterocycles. The zero-order valence-corrected chi connectivity index (χ0v) is 18.4. The Morgan fingerprint density at radius 2 is 1.77 bits per heavy atom. The van der Waals surface area contributed by atoms with E-state index in [4.69, 9.17) is 0 Å². The molecule has 160 valence electrons. The van der Waals surface area contributed by atoms with Crippen molar-refractivity contribution in [3.8, 4) is 0 Å². The van der Waals surface area contributed by atoms with E-state index in [0.29, 0.717) is 19.2 Å². The normalized spacial score (nSPS) is 14.3. The number of benzene rings is 2. The van der Waals surface area contributed by atoms with Gasteiger partial charge in [0, 0.05) is 20.0 Å². The highest BCUT2D eigenvalue weighted by molar-refractivity contribution is 6.05. The summed E-state index contributed by atoms with van der Waals surface area (Å²) in [5, 5.41) is 0. The minimum Gasteiger partial charge on any atom is -0.328 e. The van der Waals surface area contributed by atoms with Crippen LogP contribution in [0.1, 0.15) is 30.9 Å². The molecule has 0 amide bonds. The zero-order chi connectivity index (χ0) is 22.4. The summed E-state index contributed by atoms with van der Waals surface area (Å²) in [6.07, 6.45) is 1.38. The van der Waals surface area contributed by atoms with Gasteiger partial charge in [0.1, 0.15) is 11.6 Å². The summed E-state index contributed by atoms with van der Waals surface area (Å²) < 4.78 is 21.8. The number of hydrogen-bond acceptors (Lipinski definition) is 3. The van der Waals surface area contributed by atoms with E-state index in [2.05, 4.69) is 41.5 Å². The number of allylic oxidation sites excluding steroid dienone is 2. The van der Waals surface area contributed by atoms with Crippen molar-refractivity contribution in [2.75, 3.05) is 30.6 Å². The van der Waals surface area contributed by atoms with E-state index in [1.54, 1.807) is 19.1 Å². The fourth-order valence-corrected chi connectivity index (χ4v) is 3.61. The van der Waals surface area contributed by atoms with Crippen LogP contribution in [0.4, 0.5) is 20.2 Å². The quantitative estimate of drug-likeness (QED) is 0.593. The molecule has 2 aromatic rings. The standard InChI is InChI=1S/C17H20N2O.C7H7F.CH3F/c1-5-12(3)16-15(20)8-9-19-13-7-6-11(2)10-14(13)18(4)17(16)19;1-6-4-2-3-5-7(6)8;1-2/h6-7,10H,3,5,8-9H2,1-2,4H3;2-5H,1H3;1H3. The summed E-state index contributed by atoms with van der Waals surface area (Å²) in [5.74, 6) is 1.10. The minimum atomic E-state index is -0.132. The first kappa shape index (κ1) is 23.3. The van der Waals surface area contributed by atoms with E-state index in [1.807, 2.05) is 20.0 Å². The summed E-state index contributed by atoms with van der Waals surface area (Å²) >= 11 is 0. The summed E-state index contributed by atoms with van der Waals surface area (Å²) in [4.78, 5) is 16.7. The molecule has 0 saturated carbocycles. The largest absolute Gasteiger partial charge is 0.328 e. The molecule has 2 aromatic carbocycles. The Labute approximate surface area is 178 Å². The molecule has 0 spiro atoms. The number of carbonyl (C=O) groups is 1. The molecule has 3 nitrogen and oxygen atoms in total. The van der Waals surface area contributed by atoms with E-state index in [1.165, 1.54) is 23.0 Å². The van der Waals surface area contributed by atoms with Crippen molar-refractivity contribution in [2.24, 2.45) is 0 Å². The maximum atomic E-state index is 12.3. The molecule has 2 aliphatic rings. The van der Waals surface area contributed by atoms with Gasteiger partial charge in [-0.2, -0.15) is 0 Å². The van der Waals surface area contributed by atoms with Gasteiger partial charge in [0.15, 0.2) is 5.78 Å². The number of Topliss-reactive ketones (excluding diaryl/α,β-unsaturated/α-hetero) is 1. The highest BCUT2D eigenvalue weighted by Crippen LogP contribution is 2.45. The van der Waals surface area contributed by atoms with Crippen LogP contribution in [-0.2, 0) is 4.79 Å². The lowest BCUT2D eigenvalue weighted by Crippen LogP contribution is -2.36. The van der Waals surface area contributed by atoms with Gasteiger partial charge in [-0.25, -0.2) is 4.39 Å². The fraction of sp³-hybridized carbons (Fsp3) is 0.320. The van der Waals surface area contributed by atoms with Gasteiger partial charge in [0.05, 0.1) is 24.1 Å². The van der Waals surface area contributed by atoms with Crippen molar-refractivity contribution < 1.29 is 13.6 Å². The van der Waals surface area contributed by atoms with Gasteiger partial charge in [-0.3, -0.25) is 9.18 Å². The summed E-state index contributed by atoms with van der Waals surface area (Å²) in [7, 11) is 2.54. The number of alkyl halides is 1. The van der Waals surface area contributed by atoms with E-state index < -0.39 is 0 Å². The lowest BCUT2D eigenvalue weighted by Gasteiger charge is -2.30. The first-order chi connectivity index (χ1) is 14.3. The maximum Gasteiger partial charge on any atom is 0.168 e. The van der Waals surface area contributed by atoms with Crippen molar-refractivity contribution in [2.45, 2.75) is 33.6 Å². The van der Waals surface area contributed by atoms with Crippen LogP contribution in [0.5, 0.6) is 0 Å². The van der Waals surface area contributed by atoms with Gasteiger partial charge >= 0.3 is 0 Å². The highest BCUT2D eigenvalue weighted by atomic mass is 19.1. The van der Waals surface area contributed by atoms with Gasteiger partial charge in [-0.05, 0) is 55.2 Å². The number of hydrogen-bond donors (Lipinski definition) is 0. The van der Waals surface area contributed by atoms with Gasteiger partial charge in [0.2, 0.25) is 0 Å². The second kappa shape index (κ2) is 10.2. The van der Waals surface area contributed by atoms with Crippen LogP contribution in [0.2, 0.25) is 0 Å². The van der Waals surface area contributed by atoms with Gasteiger partial charge in [0.25, 0.3) is 0 Å². The van der Waals surface area contributed by atoms with E-state index in [9.17, 15) is 13.6 Å². The van der Waals surface area contributed by atoms with Crippen LogP contribution >= 0.6 is 0 Å². The third-order valence-corrected chi connectivity index (χ3v) is 5.28. The second-order valence-corrected chi connectivity index (χ2v) is 7.28. The molecule has 0 saturated heterocycles. The Balaban J connectivity index is 0.000000269. The van der Waals surface area contributed by atoms with Crippen molar-refractivity contribution in [1.29, 1.82) is 0 Å². The Morgan fingerprint density at radius 1 is 1.10 bits per heavy atom. The molecule has 0 radical (unpaired) electrons. The van der Waals surface area contributed by atoms with Crippen LogP contribution in [0.3, 0.4) is 0 Å². The van der Waals surface area contributed by atoms with E-state index in [0.717, 1.165) is 29.9 Å². The van der Waals surface area contributed by atoms with Crippen LogP contribution in [0.25, 0.3) is 0 Å². The Kier molecular flexibility index (Phi) is 7.93. The van der Waals surface area contributed by atoms with Crippen molar-refractivity contribution in [3.05, 3.63) is 83.0 Å². The van der Waals surface area contributed by atoms with Gasteiger partial charge in [-0.15, -0.1) is 0 Å². The van der Waals surface area contributed by atoms with Gasteiger partial charge < -0.3 is 9.80 Å². The summed E-state index contributed by atoms with van der Waals surface area (Å²) in [6, 6.07) is 13.2. The first-order valence-corrected chi connectivity index (χ1v) is 10.0. The Hall–Kier alpha value is -2.95. The molecule has 4 rings (SSSR count). The van der Waals surface area contributed by atoms with Crippen molar-refractivity contribution >= 4 is 17.2 Å². The maximum absolute atomic E-state index is 12.3. The number of rotatable bonds is 2. The number of anilines is 2. The smallest absolute Gasteiger partial charge is 0.168 e. The Bertz CT molecular complexity index is 944. The first-order valence-electron chi connectivity index (χ1n) is 10.0. The lowest BCUT2D eigenvalue weighted by molar-refractivity contribution is -0.115. The Morgan fingerprint density at radius 3 is 2.33 bits per heavy atom. The molecule has 2 aliphatic heterocycles. The molecule has 0 aliphatic carbocycles. The van der Waals surface area contributed by atoms with Crippen LogP contribution < -0.4 is 9.80 Å². The molecule has 0 fully saturated rings. The van der Waals surface area contributed by atoms with E-state index in [-0.39, 0.29) is 11.6 Å². The average molecular weight is 413 g/mol. The predicted octanol–water partition coefficient (Wildman–Crippen LogP) is 6.12. The number of halogens is 2. The van der Waals surface area contributed by atoms with E-state index >= 15 is 0 Å². The SMILES string of the molecule is C=C(CC)C1=C2N(C)c3cc(C)ccc3N2CCC1=O.CF.Cc1ccccc1F. The van der Waals surface area contributed by atoms with Crippen LogP contribution in [0.15, 0.2) is 66.0 Å². The molecule has 5 heteroatoms. The molecule has 0 unspecified atom stereocenters. The summed E-state index contributed by atoms with van der Waals surface area (Å²) in [6.45, 7) is 10.7. The van der Waals surface area contributed by atoms with Crippen LogP contribution in [-0.4, -0.2) is 26.6 Å². The monoisotopic (exact) mass is 412 g/mol. The highest BCUT2D eigenvalue weighted by Gasteiger charge is 2.37. The lowest BCUT2D eigenvalue weighted by atomic mass is 9.95. The third-order valence-electron chi connectivity index (χ3n) is 5.28. The third kappa shape index (κ3) is 4.61. The van der Waals surface area contributed by atoms with Crippen molar-refractivity contribution in [3.63, 3.8) is 0 Å².